The van der Waals surface area contributed by atoms with Gasteiger partial charge in [0.15, 0.2) is 0 Å². The van der Waals surface area contributed by atoms with Gasteiger partial charge in [0.05, 0.1) is 12.3 Å². The molecule has 1 heterocycles. The molecule has 0 aromatic carbocycles. The number of hydrogen-bond acceptors (Lipinski definition) is 5. The molecule has 0 fully saturated rings. The Bertz CT molecular complexity index is 135. The molecule has 52 valence electrons. The third kappa shape index (κ3) is 1.13. The first-order valence-corrected chi connectivity index (χ1v) is 2.59. The minimum absolute atomic E-state index is 0.0653. The van der Waals surface area contributed by atoms with Crippen LogP contribution in [0.3, 0.4) is 0 Å². The van der Waals surface area contributed by atoms with Gasteiger partial charge in [-0.15, -0.1) is 0 Å². The van der Waals surface area contributed by atoms with Gasteiger partial charge in [0, 0.05) is 6.20 Å². The van der Waals surface area contributed by atoms with Crippen LogP contribution in [0.15, 0.2) is 11.9 Å². The monoisotopic (exact) mass is 130 g/mol. The number of rotatable bonds is 1. The average molecular weight is 130 g/mol. The first kappa shape index (κ1) is 6.34. The van der Waals surface area contributed by atoms with Gasteiger partial charge in [-0.2, -0.15) is 0 Å². The fourth-order valence-corrected chi connectivity index (χ4v) is 0.705. The highest BCUT2D eigenvalue weighted by molar-refractivity contribution is 5.02. The molecule has 0 unspecified atom stereocenters. The molecule has 0 saturated heterocycles. The summed E-state index contributed by atoms with van der Waals surface area (Å²) in [5.74, 6) is 10.7. The lowest BCUT2D eigenvalue weighted by Gasteiger charge is -2.13. The van der Waals surface area contributed by atoms with Crippen molar-refractivity contribution in [2.45, 2.75) is 0 Å². The summed E-state index contributed by atoms with van der Waals surface area (Å²) in [5, 5.41) is 11.4. The van der Waals surface area contributed by atoms with Crippen LogP contribution in [-0.4, -0.2) is 28.4 Å². The Morgan fingerprint density at radius 1 is 1.67 bits per heavy atom. The number of nitrogens with zero attached hydrogens (tertiary/aromatic N) is 2. The fraction of sp³-hybridized carbons (Fsp3) is 0.500. The van der Waals surface area contributed by atoms with Crippen molar-refractivity contribution in [2.75, 3.05) is 13.3 Å². The lowest BCUT2D eigenvalue weighted by molar-refractivity contribution is 0.230. The first-order valence-electron chi connectivity index (χ1n) is 2.59. The maximum Gasteiger partial charge on any atom is 0.119 e. The second-order valence-corrected chi connectivity index (χ2v) is 1.90. The van der Waals surface area contributed by atoms with E-state index in [0.717, 1.165) is 0 Å². The number of aliphatic hydroxyl groups excluding tert-OH is 1. The summed E-state index contributed by atoms with van der Waals surface area (Å²) in [6.07, 6.45) is 1.60. The van der Waals surface area contributed by atoms with Crippen LogP contribution < -0.4 is 11.7 Å². The molecule has 0 amide bonds. The van der Waals surface area contributed by atoms with Crippen molar-refractivity contribution in [2.24, 2.45) is 11.7 Å². The quantitative estimate of drug-likeness (QED) is 0.363. The van der Waals surface area contributed by atoms with E-state index in [-0.39, 0.29) is 6.61 Å². The van der Waals surface area contributed by atoms with Gasteiger partial charge in [-0.3, -0.25) is 10.0 Å². The van der Waals surface area contributed by atoms with Crippen LogP contribution in [0.5, 0.6) is 0 Å². The minimum Gasteiger partial charge on any atom is -0.390 e. The third-order valence-corrected chi connectivity index (χ3v) is 1.16. The third-order valence-electron chi connectivity index (χ3n) is 1.16. The van der Waals surface area contributed by atoms with E-state index >= 15 is 0 Å². The predicted octanol–water partition coefficient (Wildman–Crippen LogP) is -1.86. The van der Waals surface area contributed by atoms with Gasteiger partial charge in [-0.05, 0) is 0 Å². The van der Waals surface area contributed by atoms with Crippen molar-refractivity contribution >= 4 is 0 Å². The standard InChI is InChI=1S/C4H10N4O/c5-7-1-4(2-9)8(6)3-7/h1,9H,2-3,5-6H2. The largest absolute Gasteiger partial charge is 0.390 e. The number of hydrazine groups is 2. The first-order chi connectivity index (χ1) is 4.24. The van der Waals surface area contributed by atoms with Gasteiger partial charge in [0.2, 0.25) is 0 Å². The van der Waals surface area contributed by atoms with E-state index in [1.165, 1.54) is 10.0 Å². The molecule has 0 aromatic rings. The Morgan fingerprint density at radius 2 is 2.33 bits per heavy atom. The molecule has 5 heteroatoms. The van der Waals surface area contributed by atoms with E-state index in [1.807, 2.05) is 0 Å². The summed E-state index contributed by atoms with van der Waals surface area (Å²) in [7, 11) is 0. The van der Waals surface area contributed by atoms with Crippen molar-refractivity contribution in [3.05, 3.63) is 11.9 Å². The maximum atomic E-state index is 8.58. The predicted molar refractivity (Wildman–Crippen MR) is 32.1 cm³/mol. The highest BCUT2D eigenvalue weighted by Gasteiger charge is 2.13. The Morgan fingerprint density at radius 3 is 2.56 bits per heavy atom. The van der Waals surface area contributed by atoms with Crippen LogP contribution in [0.1, 0.15) is 0 Å². The van der Waals surface area contributed by atoms with Gasteiger partial charge in [0.1, 0.15) is 6.67 Å². The van der Waals surface area contributed by atoms with Gasteiger partial charge in [0.25, 0.3) is 0 Å². The molecule has 0 bridgehead atoms. The fourth-order valence-electron chi connectivity index (χ4n) is 0.705. The van der Waals surface area contributed by atoms with Crippen LogP contribution in [0.4, 0.5) is 0 Å². The molecule has 1 aliphatic heterocycles. The zero-order valence-corrected chi connectivity index (χ0v) is 4.99. The van der Waals surface area contributed by atoms with Crippen molar-refractivity contribution in [3.63, 3.8) is 0 Å². The van der Waals surface area contributed by atoms with Crippen LogP contribution in [0.2, 0.25) is 0 Å². The van der Waals surface area contributed by atoms with Crippen LogP contribution in [-0.2, 0) is 0 Å². The molecule has 0 spiro atoms. The van der Waals surface area contributed by atoms with Gasteiger partial charge in [-0.25, -0.2) is 11.7 Å². The van der Waals surface area contributed by atoms with E-state index < -0.39 is 0 Å². The maximum absolute atomic E-state index is 8.58. The Kier molecular flexibility index (Phi) is 1.56. The molecule has 9 heavy (non-hydrogen) atoms. The van der Waals surface area contributed by atoms with Gasteiger partial charge in [-0.1, -0.05) is 0 Å². The Hall–Kier alpha value is -0.780. The molecular formula is C4H10N4O. The Labute approximate surface area is 53.1 Å². The molecule has 0 radical (unpaired) electrons. The molecule has 5 nitrogen and oxygen atoms in total. The average Bonchev–Trinajstić information content (AvgIpc) is 2.10. The molecule has 1 rings (SSSR count). The second-order valence-electron chi connectivity index (χ2n) is 1.90. The summed E-state index contributed by atoms with van der Waals surface area (Å²) in [6, 6.07) is 0. The molecule has 5 N–H and O–H groups in total. The van der Waals surface area contributed by atoms with Gasteiger partial charge >= 0.3 is 0 Å². The van der Waals surface area contributed by atoms with E-state index in [0.29, 0.717) is 12.4 Å². The number of nitrogens with two attached hydrogens (primary N) is 2. The van der Waals surface area contributed by atoms with Crippen molar-refractivity contribution < 1.29 is 5.11 Å². The SMILES string of the molecule is NN1C=C(CO)N(N)C1. The highest BCUT2D eigenvalue weighted by atomic mass is 16.3. The summed E-state index contributed by atoms with van der Waals surface area (Å²) in [4.78, 5) is 0. The van der Waals surface area contributed by atoms with E-state index in [4.69, 9.17) is 16.8 Å². The van der Waals surface area contributed by atoms with Crippen LogP contribution in [0, 0.1) is 0 Å². The molecule has 1 aliphatic rings. The van der Waals surface area contributed by atoms with E-state index in [2.05, 4.69) is 0 Å². The summed E-state index contributed by atoms with van der Waals surface area (Å²) < 4.78 is 0. The lowest BCUT2D eigenvalue weighted by atomic mass is 10.5. The second kappa shape index (κ2) is 2.22. The molecule has 0 aromatic heterocycles. The van der Waals surface area contributed by atoms with Gasteiger partial charge < -0.3 is 5.11 Å². The van der Waals surface area contributed by atoms with Crippen LogP contribution >= 0.6 is 0 Å². The minimum atomic E-state index is -0.0653. The molecular weight excluding hydrogens is 120 g/mol. The number of hydrogen-bond donors (Lipinski definition) is 3. The zero-order valence-electron chi connectivity index (χ0n) is 4.99. The lowest BCUT2D eigenvalue weighted by Crippen LogP contribution is -2.35. The van der Waals surface area contributed by atoms with Crippen molar-refractivity contribution in [3.8, 4) is 0 Å². The smallest absolute Gasteiger partial charge is 0.119 e. The molecule has 0 atom stereocenters. The Balaban J connectivity index is 2.57. The van der Waals surface area contributed by atoms with E-state index in [1.54, 1.807) is 6.20 Å². The summed E-state index contributed by atoms with van der Waals surface area (Å²) in [5.41, 5.74) is 0.637. The van der Waals surface area contributed by atoms with Crippen molar-refractivity contribution in [1.82, 2.24) is 10.0 Å². The zero-order chi connectivity index (χ0) is 6.85. The van der Waals surface area contributed by atoms with Crippen molar-refractivity contribution in [1.29, 1.82) is 0 Å². The highest BCUT2D eigenvalue weighted by Crippen LogP contribution is 2.05. The molecule has 0 aliphatic carbocycles. The number of aliphatic hydroxyl groups is 1. The summed E-state index contributed by atoms with van der Waals surface area (Å²) in [6.45, 7) is 0.375. The topological polar surface area (TPSA) is 78.8 Å². The van der Waals surface area contributed by atoms with E-state index in [9.17, 15) is 0 Å². The summed E-state index contributed by atoms with van der Waals surface area (Å²) >= 11 is 0. The normalized spacial score (nSPS) is 18.8. The molecule has 0 saturated carbocycles. The van der Waals surface area contributed by atoms with Crippen LogP contribution in [0.25, 0.3) is 0 Å².